The van der Waals surface area contributed by atoms with Gasteiger partial charge in [0.25, 0.3) is 0 Å². The molecule has 114 valence electrons. The van der Waals surface area contributed by atoms with Crippen LogP contribution < -0.4 is 5.32 Å². The SMILES string of the molecule is CC(=O)Nc1ccccc1.c1ccc2c(c1)[nH]c1ccccc12. The molecule has 3 heteroatoms. The molecular weight excluding hydrogens is 284 g/mol. The van der Waals surface area contributed by atoms with E-state index in [2.05, 4.69) is 58.8 Å². The van der Waals surface area contributed by atoms with Crippen molar-refractivity contribution in [1.29, 1.82) is 0 Å². The minimum atomic E-state index is -0.0359. The maximum Gasteiger partial charge on any atom is 0.221 e. The number of H-pyrrole nitrogens is 1. The molecule has 0 aliphatic heterocycles. The number of aromatic amines is 1. The maximum absolute atomic E-state index is 10.5. The summed E-state index contributed by atoms with van der Waals surface area (Å²) in [6.45, 7) is 1.49. The van der Waals surface area contributed by atoms with Crippen molar-refractivity contribution in [1.82, 2.24) is 4.98 Å². The van der Waals surface area contributed by atoms with Crippen LogP contribution in [0.25, 0.3) is 21.8 Å². The molecule has 4 aromatic rings. The number of carbonyl (C=O) groups is 1. The van der Waals surface area contributed by atoms with Crippen molar-refractivity contribution in [2.45, 2.75) is 6.92 Å². The second-order valence-electron chi connectivity index (χ2n) is 5.26. The molecule has 0 saturated heterocycles. The number of amides is 1. The highest BCUT2D eigenvalue weighted by molar-refractivity contribution is 6.06. The average Bonchev–Trinajstić information content (AvgIpc) is 2.94. The quantitative estimate of drug-likeness (QED) is 0.512. The third kappa shape index (κ3) is 3.58. The Balaban J connectivity index is 0.000000142. The zero-order valence-corrected chi connectivity index (χ0v) is 12.9. The highest BCUT2D eigenvalue weighted by Crippen LogP contribution is 2.24. The normalized spacial score (nSPS) is 10.1. The van der Waals surface area contributed by atoms with Crippen LogP contribution >= 0.6 is 0 Å². The van der Waals surface area contributed by atoms with Gasteiger partial charge in [0.05, 0.1) is 0 Å². The summed E-state index contributed by atoms with van der Waals surface area (Å²) in [5.74, 6) is -0.0359. The molecule has 3 nitrogen and oxygen atoms in total. The Hall–Kier alpha value is -3.07. The first-order chi connectivity index (χ1) is 11.2. The number of aromatic nitrogens is 1. The largest absolute Gasteiger partial charge is 0.355 e. The van der Waals surface area contributed by atoms with Gasteiger partial charge in [-0.3, -0.25) is 4.79 Å². The lowest BCUT2D eigenvalue weighted by Crippen LogP contribution is -2.04. The van der Waals surface area contributed by atoms with E-state index in [-0.39, 0.29) is 5.91 Å². The predicted octanol–water partition coefficient (Wildman–Crippen LogP) is 4.97. The summed E-state index contributed by atoms with van der Waals surface area (Å²) >= 11 is 0. The summed E-state index contributed by atoms with van der Waals surface area (Å²) in [4.78, 5) is 13.9. The summed E-state index contributed by atoms with van der Waals surface area (Å²) in [7, 11) is 0. The van der Waals surface area contributed by atoms with Crippen LogP contribution in [0.3, 0.4) is 0 Å². The molecule has 0 fully saturated rings. The molecule has 1 heterocycles. The second kappa shape index (κ2) is 6.79. The van der Waals surface area contributed by atoms with Crippen LogP contribution in [0.4, 0.5) is 5.69 Å². The van der Waals surface area contributed by atoms with Gasteiger partial charge < -0.3 is 10.3 Å². The highest BCUT2D eigenvalue weighted by atomic mass is 16.1. The Morgan fingerprint density at radius 3 is 1.74 bits per heavy atom. The highest BCUT2D eigenvalue weighted by Gasteiger charge is 2.00. The summed E-state index contributed by atoms with van der Waals surface area (Å²) < 4.78 is 0. The molecule has 0 radical (unpaired) electrons. The Morgan fingerprint density at radius 1 is 0.739 bits per heavy atom. The minimum Gasteiger partial charge on any atom is -0.355 e. The number of anilines is 1. The molecule has 1 amide bonds. The van der Waals surface area contributed by atoms with E-state index in [0.29, 0.717) is 0 Å². The molecule has 4 rings (SSSR count). The summed E-state index contributed by atoms with van der Waals surface area (Å²) in [5.41, 5.74) is 3.27. The maximum atomic E-state index is 10.5. The summed E-state index contributed by atoms with van der Waals surface area (Å²) in [6, 6.07) is 26.1. The van der Waals surface area contributed by atoms with E-state index < -0.39 is 0 Å². The van der Waals surface area contributed by atoms with Crippen molar-refractivity contribution in [3.05, 3.63) is 78.9 Å². The molecular formula is C20H18N2O. The number of hydrogen-bond donors (Lipinski definition) is 2. The van der Waals surface area contributed by atoms with Crippen molar-refractivity contribution < 1.29 is 4.79 Å². The summed E-state index contributed by atoms with van der Waals surface area (Å²) in [5, 5.41) is 5.27. The number of benzene rings is 3. The molecule has 1 aromatic heterocycles. The van der Waals surface area contributed by atoms with Gasteiger partial charge in [0.15, 0.2) is 0 Å². The van der Waals surface area contributed by atoms with Gasteiger partial charge in [-0.1, -0.05) is 54.6 Å². The topological polar surface area (TPSA) is 44.9 Å². The van der Waals surface area contributed by atoms with Crippen molar-refractivity contribution in [2.75, 3.05) is 5.32 Å². The van der Waals surface area contributed by atoms with E-state index in [0.717, 1.165) is 5.69 Å². The van der Waals surface area contributed by atoms with Crippen LogP contribution in [0.2, 0.25) is 0 Å². The number of rotatable bonds is 1. The standard InChI is InChI=1S/C12H9N.C8H9NO/c1-3-7-11-9(5-1)10-6-2-4-8-12(10)13-11;1-7(10)9-8-5-3-2-4-6-8/h1-8,13H;2-6H,1H3,(H,9,10). The zero-order valence-electron chi connectivity index (χ0n) is 12.9. The van der Waals surface area contributed by atoms with Crippen molar-refractivity contribution in [2.24, 2.45) is 0 Å². The zero-order chi connectivity index (χ0) is 16.1. The van der Waals surface area contributed by atoms with E-state index in [1.165, 1.54) is 28.7 Å². The molecule has 0 aliphatic rings. The lowest BCUT2D eigenvalue weighted by molar-refractivity contribution is -0.114. The Morgan fingerprint density at radius 2 is 1.22 bits per heavy atom. The van der Waals surface area contributed by atoms with Crippen molar-refractivity contribution >= 4 is 33.4 Å². The van der Waals surface area contributed by atoms with Crippen LogP contribution in [-0.2, 0) is 4.79 Å². The fraction of sp³-hybridized carbons (Fsp3) is 0.0500. The third-order valence-electron chi connectivity index (χ3n) is 3.51. The van der Waals surface area contributed by atoms with Gasteiger partial charge >= 0.3 is 0 Å². The first kappa shape index (κ1) is 14.9. The van der Waals surface area contributed by atoms with Crippen LogP contribution in [-0.4, -0.2) is 10.9 Å². The first-order valence-electron chi connectivity index (χ1n) is 7.52. The Kier molecular flexibility index (Phi) is 4.39. The third-order valence-corrected chi connectivity index (χ3v) is 3.51. The molecule has 2 N–H and O–H groups in total. The van der Waals surface area contributed by atoms with Gasteiger partial charge in [0, 0.05) is 34.4 Å². The fourth-order valence-corrected chi connectivity index (χ4v) is 2.52. The minimum absolute atomic E-state index is 0.0359. The number of hydrogen-bond acceptors (Lipinski definition) is 1. The van der Waals surface area contributed by atoms with Gasteiger partial charge in [-0.25, -0.2) is 0 Å². The lowest BCUT2D eigenvalue weighted by atomic mass is 10.2. The van der Waals surface area contributed by atoms with Crippen LogP contribution in [0.15, 0.2) is 78.9 Å². The molecule has 23 heavy (non-hydrogen) atoms. The smallest absolute Gasteiger partial charge is 0.221 e. The monoisotopic (exact) mass is 302 g/mol. The molecule has 3 aromatic carbocycles. The molecule has 0 spiro atoms. The van der Waals surface area contributed by atoms with E-state index in [9.17, 15) is 4.79 Å². The number of carbonyl (C=O) groups excluding carboxylic acids is 1. The van der Waals surface area contributed by atoms with Crippen LogP contribution in [0.1, 0.15) is 6.92 Å². The Bertz CT molecular complexity index is 876. The number of para-hydroxylation sites is 3. The van der Waals surface area contributed by atoms with E-state index in [4.69, 9.17) is 0 Å². The van der Waals surface area contributed by atoms with E-state index >= 15 is 0 Å². The number of fused-ring (bicyclic) bond motifs is 3. The van der Waals surface area contributed by atoms with Gasteiger partial charge in [0.1, 0.15) is 0 Å². The predicted molar refractivity (Wildman–Crippen MR) is 96.6 cm³/mol. The van der Waals surface area contributed by atoms with Crippen LogP contribution in [0, 0.1) is 0 Å². The summed E-state index contributed by atoms with van der Waals surface area (Å²) in [6.07, 6.45) is 0. The molecule has 0 unspecified atom stereocenters. The van der Waals surface area contributed by atoms with E-state index in [1.807, 2.05) is 30.3 Å². The number of nitrogens with one attached hydrogen (secondary N) is 2. The van der Waals surface area contributed by atoms with Gasteiger partial charge in [-0.05, 0) is 24.3 Å². The lowest BCUT2D eigenvalue weighted by Gasteiger charge is -1.98. The van der Waals surface area contributed by atoms with E-state index in [1.54, 1.807) is 0 Å². The van der Waals surface area contributed by atoms with Gasteiger partial charge in [-0.2, -0.15) is 0 Å². The molecule has 0 bridgehead atoms. The Labute approximate surface area is 135 Å². The van der Waals surface area contributed by atoms with Crippen molar-refractivity contribution in [3.8, 4) is 0 Å². The second-order valence-corrected chi connectivity index (χ2v) is 5.26. The first-order valence-corrected chi connectivity index (χ1v) is 7.52. The molecule has 0 aliphatic carbocycles. The van der Waals surface area contributed by atoms with Gasteiger partial charge in [-0.15, -0.1) is 0 Å². The molecule has 0 atom stereocenters. The van der Waals surface area contributed by atoms with Crippen LogP contribution in [0.5, 0.6) is 0 Å². The average molecular weight is 302 g/mol. The fourth-order valence-electron chi connectivity index (χ4n) is 2.52. The van der Waals surface area contributed by atoms with Crippen molar-refractivity contribution in [3.63, 3.8) is 0 Å². The van der Waals surface area contributed by atoms with Gasteiger partial charge in [0.2, 0.25) is 5.91 Å². The molecule has 0 saturated carbocycles.